The molecule has 0 saturated heterocycles. The van der Waals surface area contributed by atoms with E-state index in [2.05, 4.69) is 41.5 Å². The number of aliphatic carboxylic acids is 1. The summed E-state index contributed by atoms with van der Waals surface area (Å²) in [6, 6.07) is 12.3. The van der Waals surface area contributed by atoms with Crippen molar-refractivity contribution in [1.29, 1.82) is 0 Å². The predicted octanol–water partition coefficient (Wildman–Crippen LogP) is 3.68. The summed E-state index contributed by atoms with van der Waals surface area (Å²) in [6.07, 6.45) is 0. The second-order valence-electron chi connectivity index (χ2n) is 5.66. The molecule has 0 radical (unpaired) electrons. The molecule has 0 aliphatic heterocycles. The van der Waals surface area contributed by atoms with Crippen molar-refractivity contribution < 1.29 is 19.2 Å². The van der Waals surface area contributed by atoms with E-state index in [4.69, 9.17) is 26.0 Å². The largest absolute Gasteiger partial charge is 0.480 e. The number of carboxylic acids is 1. The first-order valence-electron chi connectivity index (χ1n) is 8.05. The maximum atomic E-state index is 10.7. The molecule has 10 nitrogen and oxygen atoms in total. The Labute approximate surface area is 176 Å². The van der Waals surface area contributed by atoms with Crippen molar-refractivity contribution in [3.05, 3.63) is 52.0 Å². The van der Waals surface area contributed by atoms with Crippen LogP contribution >= 0.6 is 27.5 Å². The SMILES string of the molecule is O=C(O)Cn1nnc(-c2nc(-c3ccc(Oc4cc(Br)ccc4Cl)cc3)no2)n1. The van der Waals surface area contributed by atoms with Crippen LogP contribution < -0.4 is 4.74 Å². The van der Waals surface area contributed by atoms with Crippen LogP contribution in [0.15, 0.2) is 51.5 Å². The van der Waals surface area contributed by atoms with Crippen molar-refractivity contribution in [2.75, 3.05) is 0 Å². The van der Waals surface area contributed by atoms with Gasteiger partial charge in [0.2, 0.25) is 5.82 Å². The summed E-state index contributed by atoms with van der Waals surface area (Å²) in [5, 5.41) is 24.3. The van der Waals surface area contributed by atoms with E-state index in [0.717, 1.165) is 9.27 Å². The second kappa shape index (κ2) is 7.97. The zero-order valence-corrected chi connectivity index (χ0v) is 16.7. The zero-order valence-electron chi connectivity index (χ0n) is 14.4. The summed E-state index contributed by atoms with van der Waals surface area (Å²) in [6.45, 7) is -0.419. The molecule has 0 atom stereocenters. The molecule has 146 valence electrons. The lowest BCUT2D eigenvalue weighted by Crippen LogP contribution is -2.11. The minimum absolute atomic E-state index is 0.0258. The molecular weight excluding hydrogens is 468 g/mol. The van der Waals surface area contributed by atoms with Gasteiger partial charge in [0.25, 0.3) is 11.7 Å². The molecule has 12 heteroatoms. The molecule has 0 bridgehead atoms. The van der Waals surface area contributed by atoms with Crippen LogP contribution in [0.2, 0.25) is 5.02 Å². The van der Waals surface area contributed by atoms with Crippen LogP contribution in [0.5, 0.6) is 11.5 Å². The Morgan fingerprint density at radius 2 is 2.00 bits per heavy atom. The number of hydrogen-bond donors (Lipinski definition) is 1. The third-order valence-electron chi connectivity index (χ3n) is 3.58. The van der Waals surface area contributed by atoms with E-state index in [-0.39, 0.29) is 11.7 Å². The first-order chi connectivity index (χ1) is 14.0. The first-order valence-corrected chi connectivity index (χ1v) is 9.22. The number of ether oxygens (including phenoxy) is 1. The van der Waals surface area contributed by atoms with Crippen molar-refractivity contribution in [1.82, 2.24) is 30.3 Å². The van der Waals surface area contributed by atoms with Crippen LogP contribution in [0.25, 0.3) is 23.1 Å². The number of halogens is 2. The van der Waals surface area contributed by atoms with Crippen LogP contribution in [-0.4, -0.2) is 41.4 Å². The molecule has 1 N–H and O–H groups in total. The van der Waals surface area contributed by atoms with Gasteiger partial charge in [-0.15, -0.1) is 10.2 Å². The highest BCUT2D eigenvalue weighted by Crippen LogP contribution is 2.32. The molecule has 0 saturated carbocycles. The van der Waals surface area contributed by atoms with Gasteiger partial charge in [-0.25, -0.2) is 0 Å². The van der Waals surface area contributed by atoms with Crippen LogP contribution in [0.3, 0.4) is 0 Å². The average molecular weight is 478 g/mol. The second-order valence-corrected chi connectivity index (χ2v) is 6.98. The minimum atomic E-state index is -1.09. The summed E-state index contributed by atoms with van der Waals surface area (Å²) >= 11 is 9.51. The van der Waals surface area contributed by atoms with Gasteiger partial charge in [0.05, 0.1) is 5.02 Å². The Hall–Kier alpha value is -3.31. The highest BCUT2D eigenvalue weighted by molar-refractivity contribution is 9.10. The van der Waals surface area contributed by atoms with E-state index in [0.29, 0.717) is 27.9 Å². The molecule has 0 fully saturated rings. The van der Waals surface area contributed by atoms with Crippen molar-refractivity contribution in [3.8, 4) is 34.6 Å². The fourth-order valence-electron chi connectivity index (χ4n) is 2.30. The maximum Gasteiger partial charge on any atom is 0.327 e. The van der Waals surface area contributed by atoms with Gasteiger partial charge in [-0.2, -0.15) is 9.78 Å². The fraction of sp³-hybridized carbons (Fsp3) is 0.0588. The number of hydrogen-bond acceptors (Lipinski definition) is 8. The zero-order chi connectivity index (χ0) is 20.4. The van der Waals surface area contributed by atoms with E-state index in [1.165, 1.54) is 0 Å². The summed E-state index contributed by atoms with van der Waals surface area (Å²) in [5.41, 5.74) is 0.672. The van der Waals surface area contributed by atoms with Crippen molar-refractivity contribution in [3.63, 3.8) is 0 Å². The van der Waals surface area contributed by atoms with Crippen molar-refractivity contribution in [2.24, 2.45) is 0 Å². The maximum absolute atomic E-state index is 10.7. The quantitative estimate of drug-likeness (QED) is 0.442. The number of tetrazole rings is 1. The Morgan fingerprint density at radius 3 is 2.76 bits per heavy atom. The van der Waals surface area contributed by atoms with Gasteiger partial charge in [-0.3, -0.25) is 4.79 Å². The van der Waals surface area contributed by atoms with E-state index >= 15 is 0 Å². The molecule has 0 aliphatic rings. The molecular formula is C17H10BrClN6O4. The highest BCUT2D eigenvalue weighted by atomic mass is 79.9. The van der Waals surface area contributed by atoms with Crippen LogP contribution in [0, 0.1) is 0 Å². The summed E-state index contributed by atoms with van der Waals surface area (Å²) < 4.78 is 11.8. The summed E-state index contributed by atoms with van der Waals surface area (Å²) in [4.78, 5) is 15.8. The van der Waals surface area contributed by atoms with E-state index < -0.39 is 12.5 Å². The number of rotatable bonds is 6. The lowest BCUT2D eigenvalue weighted by Gasteiger charge is -2.08. The van der Waals surface area contributed by atoms with Gasteiger partial charge >= 0.3 is 5.97 Å². The molecule has 29 heavy (non-hydrogen) atoms. The van der Waals surface area contributed by atoms with Gasteiger partial charge in [0, 0.05) is 10.0 Å². The highest BCUT2D eigenvalue weighted by Gasteiger charge is 2.16. The van der Waals surface area contributed by atoms with Crippen LogP contribution in [0.4, 0.5) is 0 Å². The van der Waals surface area contributed by atoms with Gasteiger partial charge in [-0.05, 0) is 47.7 Å². The smallest absolute Gasteiger partial charge is 0.327 e. The summed E-state index contributed by atoms with van der Waals surface area (Å²) in [5.74, 6) is 0.377. The Balaban J connectivity index is 1.50. The molecule has 4 aromatic rings. The number of carbonyl (C=O) groups is 1. The molecule has 2 aromatic carbocycles. The van der Waals surface area contributed by atoms with Crippen molar-refractivity contribution in [2.45, 2.75) is 6.54 Å². The normalized spacial score (nSPS) is 10.8. The standard InChI is InChI=1S/C17H10BrClN6O4/c18-10-3-6-12(19)13(7-10)28-11-4-1-9(2-5-11)15-20-17(29-23-15)16-21-24-25(22-16)8-14(26)27/h1-7H,8H2,(H,26,27). The average Bonchev–Trinajstić information content (AvgIpc) is 3.34. The van der Waals surface area contributed by atoms with E-state index in [1.807, 2.05) is 6.07 Å². The van der Waals surface area contributed by atoms with Crippen molar-refractivity contribution >= 4 is 33.5 Å². The number of nitrogens with zero attached hydrogens (tertiary/aromatic N) is 6. The topological polar surface area (TPSA) is 129 Å². The first kappa shape index (κ1) is 19.0. The molecule has 2 aromatic heterocycles. The molecule has 0 aliphatic carbocycles. The predicted molar refractivity (Wildman–Crippen MR) is 103 cm³/mol. The monoisotopic (exact) mass is 476 g/mol. The molecule has 0 unspecified atom stereocenters. The molecule has 0 spiro atoms. The van der Waals surface area contributed by atoms with Gasteiger partial charge in [0.1, 0.15) is 11.5 Å². The molecule has 0 amide bonds. The fourth-order valence-corrected chi connectivity index (χ4v) is 2.80. The van der Waals surface area contributed by atoms with E-state index in [9.17, 15) is 4.79 Å². The summed E-state index contributed by atoms with van der Waals surface area (Å²) in [7, 11) is 0. The third-order valence-corrected chi connectivity index (χ3v) is 4.39. The van der Waals surface area contributed by atoms with Gasteiger partial charge in [-0.1, -0.05) is 32.7 Å². The Kier molecular flexibility index (Phi) is 5.23. The lowest BCUT2D eigenvalue weighted by molar-refractivity contribution is -0.138. The Morgan fingerprint density at radius 1 is 1.21 bits per heavy atom. The van der Waals surface area contributed by atoms with Crippen LogP contribution in [-0.2, 0) is 11.3 Å². The Bertz CT molecular complexity index is 1180. The molecule has 2 heterocycles. The van der Waals surface area contributed by atoms with Gasteiger partial charge in [0.15, 0.2) is 6.54 Å². The minimum Gasteiger partial charge on any atom is -0.480 e. The van der Waals surface area contributed by atoms with Crippen LogP contribution in [0.1, 0.15) is 0 Å². The number of benzene rings is 2. The number of carboxylic acid groups (broad SMARTS) is 1. The van der Waals surface area contributed by atoms with E-state index in [1.54, 1.807) is 36.4 Å². The third kappa shape index (κ3) is 4.41. The number of aromatic nitrogens is 6. The molecule has 4 rings (SSSR count). The van der Waals surface area contributed by atoms with Gasteiger partial charge < -0.3 is 14.4 Å². The lowest BCUT2D eigenvalue weighted by atomic mass is 10.2.